The van der Waals surface area contributed by atoms with Gasteiger partial charge in [-0.1, -0.05) is 6.92 Å². The van der Waals surface area contributed by atoms with Crippen LogP contribution in [0.2, 0.25) is 0 Å². The molecule has 0 rings (SSSR count). The van der Waals surface area contributed by atoms with E-state index in [-0.39, 0.29) is 18.2 Å². The van der Waals surface area contributed by atoms with Crippen molar-refractivity contribution < 1.29 is 23.7 Å². The summed E-state index contributed by atoms with van der Waals surface area (Å²) in [5.41, 5.74) is 6.06. The number of ether oxygens (including phenoxy) is 5. The Kier molecular flexibility index (Phi) is 22.9. The molecule has 8 heteroatoms. The van der Waals surface area contributed by atoms with Gasteiger partial charge in [-0.3, -0.25) is 0 Å². The Bertz CT molecular complexity index is 342. The van der Waals surface area contributed by atoms with Crippen LogP contribution in [-0.2, 0) is 23.7 Å². The SMILES string of the molecule is CCCOC(CN)(CCPCCC(OCC)OCC)CCPCCC(OCC)OCC. The summed E-state index contributed by atoms with van der Waals surface area (Å²) in [5.74, 6) is 0. The first kappa shape index (κ1) is 31.6. The molecule has 0 aliphatic heterocycles. The van der Waals surface area contributed by atoms with Gasteiger partial charge in [0.2, 0.25) is 0 Å². The lowest BCUT2D eigenvalue weighted by Crippen LogP contribution is -2.42. The maximum atomic E-state index is 6.32. The van der Waals surface area contributed by atoms with Crippen molar-refractivity contribution in [3.8, 4) is 0 Å². The molecule has 6 nitrogen and oxygen atoms in total. The molecular formula is C23H51NO5P2. The zero-order valence-corrected chi connectivity index (χ0v) is 22.9. The lowest BCUT2D eigenvalue weighted by atomic mass is 9.97. The zero-order valence-electron chi connectivity index (χ0n) is 20.9. The molecule has 0 amide bonds. The van der Waals surface area contributed by atoms with Gasteiger partial charge in [0.05, 0.1) is 5.60 Å². The fourth-order valence-electron chi connectivity index (χ4n) is 3.35. The second-order valence-corrected chi connectivity index (χ2v) is 10.5. The largest absolute Gasteiger partial charge is 0.374 e. The highest BCUT2D eigenvalue weighted by molar-refractivity contribution is 7.38. The molecule has 0 aliphatic carbocycles. The van der Waals surface area contributed by atoms with Gasteiger partial charge in [-0.2, -0.15) is 0 Å². The van der Waals surface area contributed by atoms with E-state index < -0.39 is 0 Å². The Balaban J connectivity index is 4.35. The average molecular weight is 484 g/mol. The van der Waals surface area contributed by atoms with Gasteiger partial charge in [0.15, 0.2) is 12.6 Å². The Morgan fingerprint density at radius 2 is 1.10 bits per heavy atom. The Hall–Kier alpha value is 0.620. The minimum Gasteiger partial charge on any atom is -0.374 e. The molecule has 0 bridgehead atoms. The minimum absolute atomic E-state index is 0.0588. The van der Waals surface area contributed by atoms with Crippen LogP contribution in [0.1, 0.15) is 66.7 Å². The van der Waals surface area contributed by atoms with E-state index in [1.807, 2.05) is 27.7 Å². The second kappa shape index (κ2) is 22.4. The van der Waals surface area contributed by atoms with E-state index >= 15 is 0 Å². The Morgan fingerprint density at radius 3 is 1.42 bits per heavy atom. The Morgan fingerprint density at radius 1 is 0.677 bits per heavy atom. The highest BCUT2D eigenvalue weighted by atomic mass is 31.1. The summed E-state index contributed by atoms with van der Waals surface area (Å²) in [6.07, 6.45) is 9.52. The summed E-state index contributed by atoms with van der Waals surface area (Å²) < 4.78 is 28.9. The molecule has 2 N–H and O–H groups in total. The van der Waals surface area contributed by atoms with Crippen molar-refractivity contribution in [1.29, 1.82) is 0 Å². The van der Waals surface area contributed by atoms with Gasteiger partial charge in [0, 0.05) is 52.4 Å². The van der Waals surface area contributed by atoms with E-state index in [0.29, 0.717) is 33.0 Å². The van der Waals surface area contributed by atoms with Crippen molar-refractivity contribution in [1.82, 2.24) is 0 Å². The first-order valence-corrected chi connectivity index (χ1v) is 15.2. The molecule has 0 aromatic rings. The quantitative estimate of drug-likeness (QED) is 0.121. The van der Waals surface area contributed by atoms with Crippen LogP contribution in [0.3, 0.4) is 0 Å². The third-order valence-corrected chi connectivity index (χ3v) is 7.51. The van der Waals surface area contributed by atoms with Crippen LogP contribution in [0.4, 0.5) is 0 Å². The minimum atomic E-state index is -0.172. The van der Waals surface area contributed by atoms with Crippen LogP contribution < -0.4 is 5.73 Å². The fraction of sp³-hybridized carbons (Fsp3) is 1.00. The van der Waals surface area contributed by atoms with Crippen molar-refractivity contribution in [2.45, 2.75) is 84.9 Å². The molecule has 188 valence electrons. The summed E-state index contributed by atoms with van der Waals surface area (Å²) in [5, 5.41) is 0. The topological polar surface area (TPSA) is 72.2 Å². The average Bonchev–Trinajstić information content (AvgIpc) is 2.77. The van der Waals surface area contributed by atoms with Crippen LogP contribution in [0.25, 0.3) is 0 Å². The van der Waals surface area contributed by atoms with E-state index in [0.717, 1.165) is 80.5 Å². The van der Waals surface area contributed by atoms with Gasteiger partial charge in [0.25, 0.3) is 0 Å². The molecule has 0 aromatic carbocycles. The highest BCUT2D eigenvalue weighted by Crippen LogP contribution is 2.29. The molecular weight excluding hydrogens is 432 g/mol. The van der Waals surface area contributed by atoms with E-state index in [4.69, 9.17) is 29.4 Å². The standard InChI is InChI=1S/C23H51NO5P2/c1-6-15-29-23(20-24,13-18-30-16-11-21(25-7-2)26-8-3)14-19-31-17-12-22(27-9-4)28-10-5/h21-22,30-31H,6-20,24H2,1-5H3. The van der Waals surface area contributed by atoms with Gasteiger partial charge in [-0.15, -0.1) is 17.2 Å². The summed E-state index contributed by atoms with van der Waals surface area (Å²) >= 11 is 0. The van der Waals surface area contributed by atoms with Crippen molar-refractivity contribution in [3.63, 3.8) is 0 Å². The Labute approximate surface area is 196 Å². The smallest absolute Gasteiger partial charge is 0.157 e. The third kappa shape index (κ3) is 16.8. The maximum absolute atomic E-state index is 6.32. The molecule has 0 spiro atoms. The molecule has 0 fully saturated rings. The molecule has 0 saturated carbocycles. The van der Waals surface area contributed by atoms with Gasteiger partial charge < -0.3 is 29.4 Å². The summed E-state index contributed by atoms with van der Waals surface area (Å²) in [6.45, 7) is 14.4. The first-order valence-electron chi connectivity index (χ1n) is 12.3. The van der Waals surface area contributed by atoms with E-state index in [2.05, 4.69) is 6.92 Å². The predicted molar refractivity (Wildman–Crippen MR) is 137 cm³/mol. The summed E-state index contributed by atoms with van der Waals surface area (Å²) in [6, 6.07) is 0. The molecule has 0 aliphatic rings. The third-order valence-electron chi connectivity index (χ3n) is 5.02. The first-order chi connectivity index (χ1) is 15.1. The van der Waals surface area contributed by atoms with E-state index in [1.165, 1.54) is 0 Å². The van der Waals surface area contributed by atoms with Crippen LogP contribution >= 0.6 is 17.2 Å². The lowest BCUT2D eigenvalue weighted by Gasteiger charge is -2.33. The van der Waals surface area contributed by atoms with Crippen molar-refractivity contribution >= 4 is 17.2 Å². The van der Waals surface area contributed by atoms with Crippen LogP contribution in [0.5, 0.6) is 0 Å². The summed E-state index contributed by atoms with van der Waals surface area (Å²) in [7, 11) is 1.78. The molecule has 0 radical (unpaired) electrons. The number of nitrogens with two attached hydrogens (primary N) is 1. The second-order valence-electron chi connectivity index (χ2n) is 7.49. The fourth-order valence-corrected chi connectivity index (χ4v) is 5.99. The molecule has 0 aromatic heterocycles. The predicted octanol–water partition coefficient (Wildman–Crippen LogP) is 4.83. The van der Waals surface area contributed by atoms with Gasteiger partial charge in [-0.05, 0) is 71.6 Å². The van der Waals surface area contributed by atoms with E-state index in [9.17, 15) is 0 Å². The van der Waals surface area contributed by atoms with Crippen molar-refractivity contribution in [3.05, 3.63) is 0 Å². The van der Waals surface area contributed by atoms with Gasteiger partial charge in [0.1, 0.15) is 0 Å². The zero-order chi connectivity index (χ0) is 23.2. The highest BCUT2D eigenvalue weighted by Gasteiger charge is 2.28. The molecule has 0 saturated heterocycles. The van der Waals surface area contributed by atoms with Crippen LogP contribution in [0, 0.1) is 0 Å². The normalized spacial score (nSPS) is 14.7. The van der Waals surface area contributed by atoms with Crippen LogP contribution in [-0.4, -0.2) is 82.4 Å². The van der Waals surface area contributed by atoms with Crippen LogP contribution in [0.15, 0.2) is 0 Å². The van der Waals surface area contributed by atoms with E-state index in [1.54, 1.807) is 0 Å². The van der Waals surface area contributed by atoms with Gasteiger partial charge in [-0.25, -0.2) is 0 Å². The molecule has 2 atom stereocenters. The monoisotopic (exact) mass is 483 g/mol. The maximum Gasteiger partial charge on any atom is 0.157 e. The van der Waals surface area contributed by atoms with Crippen molar-refractivity contribution in [2.24, 2.45) is 5.73 Å². The van der Waals surface area contributed by atoms with Crippen molar-refractivity contribution in [2.75, 3.05) is 64.2 Å². The summed E-state index contributed by atoms with van der Waals surface area (Å²) in [4.78, 5) is 0. The molecule has 31 heavy (non-hydrogen) atoms. The lowest BCUT2D eigenvalue weighted by molar-refractivity contribution is -0.136. The molecule has 0 heterocycles. The van der Waals surface area contributed by atoms with Gasteiger partial charge >= 0.3 is 0 Å². The number of rotatable bonds is 24. The number of hydrogen-bond acceptors (Lipinski definition) is 6. The molecule has 2 unspecified atom stereocenters. The number of hydrogen-bond donors (Lipinski definition) is 1.